The van der Waals surface area contributed by atoms with Crippen LogP contribution in [0.3, 0.4) is 0 Å². The maximum absolute atomic E-state index is 13.9. The Labute approximate surface area is 233 Å². The molecule has 0 aliphatic carbocycles. The summed E-state index contributed by atoms with van der Waals surface area (Å²) in [6, 6.07) is 7.45. The Bertz CT molecular complexity index is 1220. The largest absolute Gasteiger partial charge is 0.343 e. The number of aromatic nitrogens is 1. The third kappa shape index (κ3) is 6.50. The van der Waals surface area contributed by atoms with Gasteiger partial charge in [0.25, 0.3) is 0 Å². The number of halogens is 1. The van der Waals surface area contributed by atoms with Crippen molar-refractivity contribution in [2.45, 2.75) is 66.1 Å². The number of nitrogens with one attached hydrogen (secondary N) is 2. The SMILES string of the molecule is CC.CN[C@@H](C)C(=O)NC(C(=O)N1CC[C@H](C)[C@H]1c1nc(-c2sccc2-c2cccc(F)c2)cs1)C(C)C. The summed E-state index contributed by atoms with van der Waals surface area (Å²) in [6.07, 6.45) is 0.880. The second-order valence-electron chi connectivity index (χ2n) is 9.73. The van der Waals surface area contributed by atoms with E-state index in [-0.39, 0.29) is 41.6 Å². The average Bonchev–Trinajstić information content (AvgIpc) is 3.66. The van der Waals surface area contributed by atoms with Gasteiger partial charge in [-0.25, -0.2) is 9.37 Å². The number of carbonyl (C=O) groups excluding carboxylic acids is 2. The summed E-state index contributed by atoms with van der Waals surface area (Å²) in [5.41, 5.74) is 2.61. The first-order chi connectivity index (χ1) is 18.2. The number of benzene rings is 1. The molecule has 3 heterocycles. The van der Waals surface area contributed by atoms with Gasteiger partial charge in [0.2, 0.25) is 11.8 Å². The average molecular weight is 559 g/mol. The highest BCUT2D eigenvalue weighted by molar-refractivity contribution is 7.15. The van der Waals surface area contributed by atoms with Gasteiger partial charge in [-0.2, -0.15) is 0 Å². The first-order valence-electron chi connectivity index (χ1n) is 13.3. The number of rotatable bonds is 8. The van der Waals surface area contributed by atoms with Crippen molar-refractivity contribution in [1.82, 2.24) is 20.5 Å². The number of likely N-dealkylation sites (N-methyl/N-ethyl adjacent to an activating group) is 1. The molecule has 9 heteroatoms. The van der Waals surface area contributed by atoms with E-state index in [0.717, 1.165) is 33.1 Å². The van der Waals surface area contributed by atoms with Gasteiger partial charge in [0.05, 0.1) is 22.7 Å². The summed E-state index contributed by atoms with van der Waals surface area (Å²) in [5, 5.41) is 10.8. The van der Waals surface area contributed by atoms with Gasteiger partial charge in [-0.05, 0) is 61.4 Å². The molecule has 1 aliphatic heterocycles. The maximum Gasteiger partial charge on any atom is 0.246 e. The van der Waals surface area contributed by atoms with Crippen LogP contribution >= 0.6 is 22.7 Å². The third-order valence-corrected chi connectivity index (χ3v) is 8.70. The fourth-order valence-electron chi connectivity index (χ4n) is 4.59. The van der Waals surface area contributed by atoms with Gasteiger partial charge < -0.3 is 15.5 Å². The normalized spacial score (nSPS) is 18.6. The maximum atomic E-state index is 13.9. The zero-order chi connectivity index (χ0) is 28.0. The second-order valence-corrected chi connectivity index (χ2v) is 11.5. The fourth-order valence-corrected chi connectivity index (χ4v) is 6.60. The topological polar surface area (TPSA) is 74.3 Å². The van der Waals surface area contributed by atoms with E-state index in [0.29, 0.717) is 6.54 Å². The van der Waals surface area contributed by atoms with E-state index < -0.39 is 6.04 Å². The highest BCUT2D eigenvalue weighted by atomic mass is 32.1. The number of thiazole rings is 1. The van der Waals surface area contributed by atoms with Crippen molar-refractivity contribution < 1.29 is 14.0 Å². The van der Waals surface area contributed by atoms with E-state index in [1.165, 1.54) is 12.1 Å². The Hall–Kier alpha value is -2.62. The lowest BCUT2D eigenvalue weighted by Crippen LogP contribution is -2.54. The molecular formula is C29H39FN4O2S2. The van der Waals surface area contributed by atoms with Crippen LogP contribution in [-0.2, 0) is 9.59 Å². The van der Waals surface area contributed by atoms with Crippen LogP contribution in [0.25, 0.3) is 21.7 Å². The number of hydrogen-bond acceptors (Lipinski definition) is 6. The predicted octanol–water partition coefficient (Wildman–Crippen LogP) is 6.36. The predicted molar refractivity (Wildman–Crippen MR) is 156 cm³/mol. The highest BCUT2D eigenvalue weighted by Crippen LogP contribution is 2.42. The Morgan fingerprint density at radius 2 is 1.89 bits per heavy atom. The second kappa shape index (κ2) is 13.4. The van der Waals surface area contributed by atoms with E-state index >= 15 is 0 Å². The van der Waals surface area contributed by atoms with Crippen molar-refractivity contribution in [3.05, 3.63) is 51.9 Å². The van der Waals surface area contributed by atoms with E-state index in [9.17, 15) is 14.0 Å². The summed E-state index contributed by atoms with van der Waals surface area (Å²) in [6.45, 7) is 12.5. The van der Waals surface area contributed by atoms with Gasteiger partial charge in [0, 0.05) is 17.5 Å². The van der Waals surface area contributed by atoms with E-state index in [2.05, 4.69) is 17.6 Å². The molecule has 4 rings (SSSR count). The number of likely N-dealkylation sites (tertiary alicyclic amines) is 1. The summed E-state index contributed by atoms with van der Waals surface area (Å²) >= 11 is 3.13. The Morgan fingerprint density at radius 1 is 1.16 bits per heavy atom. The van der Waals surface area contributed by atoms with E-state index in [4.69, 9.17) is 4.98 Å². The summed E-state index contributed by atoms with van der Waals surface area (Å²) < 4.78 is 13.9. The van der Waals surface area contributed by atoms with Gasteiger partial charge in [0.1, 0.15) is 16.9 Å². The molecule has 3 aromatic rings. The lowest BCUT2D eigenvalue weighted by molar-refractivity contribution is -0.139. The molecule has 2 N–H and O–H groups in total. The Morgan fingerprint density at radius 3 is 2.55 bits per heavy atom. The molecule has 38 heavy (non-hydrogen) atoms. The molecule has 0 saturated carbocycles. The van der Waals surface area contributed by atoms with Crippen LogP contribution in [0.1, 0.15) is 59.0 Å². The minimum Gasteiger partial charge on any atom is -0.343 e. The van der Waals surface area contributed by atoms with Gasteiger partial charge in [0.15, 0.2) is 0 Å². The van der Waals surface area contributed by atoms with Gasteiger partial charge in [-0.3, -0.25) is 9.59 Å². The Kier molecular flexibility index (Phi) is 10.6. The van der Waals surface area contributed by atoms with Crippen LogP contribution < -0.4 is 10.6 Å². The zero-order valence-corrected chi connectivity index (χ0v) is 24.9. The number of thiophene rings is 1. The standard InChI is InChI=1S/C27H33FN4O2S2.C2H6/c1-15(2)22(31-25(33)17(4)29-5)27(34)32-11-9-16(3)23(32)26-30-21(14-36-26)24-20(10-12-35-24)18-7-6-8-19(28)13-18;1-2/h6-8,10,12-17,22-23,29H,9,11H2,1-5H3,(H,31,33);1-2H3/t16-,17-,22?,23-;/m0./s1. The van der Waals surface area contributed by atoms with E-state index in [1.54, 1.807) is 42.7 Å². The summed E-state index contributed by atoms with van der Waals surface area (Å²) in [4.78, 5) is 34.1. The minimum atomic E-state index is -0.600. The smallest absolute Gasteiger partial charge is 0.246 e. The number of nitrogens with zero attached hydrogens (tertiary/aromatic N) is 2. The van der Waals surface area contributed by atoms with Crippen LogP contribution in [0.15, 0.2) is 41.1 Å². The van der Waals surface area contributed by atoms with Crippen molar-refractivity contribution in [2.24, 2.45) is 11.8 Å². The van der Waals surface area contributed by atoms with Crippen molar-refractivity contribution in [3.63, 3.8) is 0 Å². The molecule has 2 aromatic heterocycles. The van der Waals surface area contributed by atoms with Crippen molar-refractivity contribution in [3.8, 4) is 21.7 Å². The first kappa shape index (κ1) is 29.9. The van der Waals surface area contributed by atoms with Crippen LogP contribution in [0.5, 0.6) is 0 Å². The molecule has 1 fully saturated rings. The van der Waals surface area contributed by atoms with Crippen LogP contribution in [-0.4, -0.2) is 47.4 Å². The van der Waals surface area contributed by atoms with Crippen molar-refractivity contribution >= 4 is 34.5 Å². The van der Waals surface area contributed by atoms with Gasteiger partial charge in [-0.15, -0.1) is 22.7 Å². The molecule has 4 atom stereocenters. The third-order valence-electron chi connectivity index (χ3n) is 6.85. The molecule has 0 spiro atoms. The number of amides is 2. The summed E-state index contributed by atoms with van der Waals surface area (Å²) in [7, 11) is 1.72. The van der Waals surface area contributed by atoms with E-state index in [1.807, 2.05) is 55.5 Å². The molecule has 206 valence electrons. The molecule has 0 radical (unpaired) electrons. The molecule has 6 nitrogen and oxygen atoms in total. The first-order valence-corrected chi connectivity index (χ1v) is 15.0. The number of hydrogen-bond donors (Lipinski definition) is 2. The van der Waals surface area contributed by atoms with Crippen LogP contribution in [0.4, 0.5) is 4.39 Å². The molecule has 0 bridgehead atoms. The van der Waals surface area contributed by atoms with Crippen LogP contribution in [0.2, 0.25) is 0 Å². The van der Waals surface area contributed by atoms with Crippen molar-refractivity contribution in [2.75, 3.05) is 13.6 Å². The highest BCUT2D eigenvalue weighted by Gasteiger charge is 2.41. The molecular weight excluding hydrogens is 519 g/mol. The van der Waals surface area contributed by atoms with Crippen LogP contribution in [0, 0.1) is 17.7 Å². The number of carbonyl (C=O) groups is 2. The molecule has 2 amide bonds. The molecule has 1 aromatic carbocycles. The molecule has 1 aliphatic rings. The monoisotopic (exact) mass is 558 g/mol. The summed E-state index contributed by atoms with van der Waals surface area (Å²) in [5.74, 6) is -0.321. The quantitative estimate of drug-likeness (QED) is 0.337. The minimum absolute atomic E-state index is 0.0473. The lowest BCUT2D eigenvalue weighted by Gasteiger charge is -2.32. The Balaban J connectivity index is 0.00000195. The molecule has 1 unspecified atom stereocenters. The van der Waals surface area contributed by atoms with Crippen molar-refractivity contribution in [1.29, 1.82) is 0 Å². The molecule has 1 saturated heterocycles. The van der Waals surface area contributed by atoms with Gasteiger partial charge in [-0.1, -0.05) is 46.8 Å². The van der Waals surface area contributed by atoms with Gasteiger partial charge >= 0.3 is 0 Å². The lowest BCUT2D eigenvalue weighted by atomic mass is 10.00. The fraction of sp³-hybridized carbons (Fsp3) is 0.483. The zero-order valence-electron chi connectivity index (χ0n) is 23.2.